The molecule has 0 spiro atoms. The highest BCUT2D eigenvalue weighted by molar-refractivity contribution is 5.66. The van der Waals surface area contributed by atoms with Crippen LogP contribution >= 0.6 is 0 Å². The smallest absolute Gasteiger partial charge is 0.303 e. The van der Waals surface area contributed by atoms with Gasteiger partial charge in [-0.25, -0.2) is 0 Å². The van der Waals surface area contributed by atoms with Crippen LogP contribution in [0.3, 0.4) is 0 Å². The molecule has 1 unspecified atom stereocenters. The molecular formula is C9H18O3. The van der Waals surface area contributed by atoms with E-state index in [2.05, 4.69) is 0 Å². The van der Waals surface area contributed by atoms with Crippen molar-refractivity contribution in [1.82, 2.24) is 0 Å². The average molecular weight is 174 g/mol. The third-order valence-electron chi connectivity index (χ3n) is 2.34. The number of hydrogen-bond acceptors (Lipinski definition) is 2. The Morgan fingerprint density at radius 3 is 2.50 bits per heavy atom. The number of carbonyl (C=O) groups is 1. The molecule has 3 heteroatoms. The SMILES string of the molecule is CCC(C)(CCCC(=O)O)OC. The summed E-state index contributed by atoms with van der Waals surface area (Å²) < 4.78 is 5.28. The number of rotatable bonds is 6. The molecule has 12 heavy (non-hydrogen) atoms. The van der Waals surface area contributed by atoms with Crippen LogP contribution in [0.4, 0.5) is 0 Å². The molecule has 0 fully saturated rings. The fourth-order valence-corrected chi connectivity index (χ4v) is 1.04. The topological polar surface area (TPSA) is 46.5 Å². The molecule has 0 saturated carbocycles. The van der Waals surface area contributed by atoms with Crippen molar-refractivity contribution in [3.05, 3.63) is 0 Å². The molecule has 3 nitrogen and oxygen atoms in total. The second kappa shape index (κ2) is 5.14. The van der Waals surface area contributed by atoms with Crippen molar-refractivity contribution in [3.8, 4) is 0 Å². The van der Waals surface area contributed by atoms with Gasteiger partial charge in [0.1, 0.15) is 0 Å². The Morgan fingerprint density at radius 2 is 2.17 bits per heavy atom. The maximum Gasteiger partial charge on any atom is 0.303 e. The highest BCUT2D eigenvalue weighted by Crippen LogP contribution is 2.21. The maximum atomic E-state index is 10.2. The lowest BCUT2D eigenvalue weighted by atomic mass is 9.96. The maximum absolute atomic E-state index is 10.2. The van der Waals surface area contributed by atoms with Crippen LogP contribution in [-0.4, -0.2) is 23.8 Å². The van der Waals surface area contributed by atoms with E-state index >= 15 is 0 Å². The van der Waals surface area contributed by atoms with E-state index in [0.29, 0.717) is 6.42 Å². The monoisotopic (exact) mass is 174 g/mol. The van der Waals surface area contributed by atoms with E-state index in [1.54, 1.807) is 7.11 Å². The van der Waals surface area contributed by atoms with Crippen molar-refractivity contribution in [2.75, 3.05) is 7.11 Å². The van der Waals surface area contributed by atoms with Crippen LogP contribution in [0.5, 0.6) is 0 Å². The van der Waals surface area contributed by atoms with Crippen LogP contribution < -0.4 is 0 Å². The zero-order valence-electron chi connectivity index (χ0n) is 8.09. The summed E-state index contributed by atoms with van der Waals surface area (Å²) in [5.41, 5.74) is -0.143. The molecule has 0 aliphatic heterocycles. The lowest BCUT2D eigenvalue weighted by Gasteiger charge is -2.26. The van der Waals surface area contributed by atoms with E-state index in [4.69, 9.17) is 9.84 Å². The molecule has 0 heterocycles. The Hall–Kier alpha value is -0.570. The Balaban J connectivity index is 3.65. The fraction of sp³-hybridized carbons (Fsp3) is 0.889. The van der Waals surface area contributed by atoms with Gasteiger partial charge in [0, 0.05) is 13.5 Å². The molecule has 0 aliphatic carbocycles. The lowest BCUT2D eigenvalue weighted by Crippen LogP contribution is -2.26. The molecule has 0 aromatic heterocycles. The van der Waals surface area contributed by atoms with Gasteiger partial charge in [0.2, 0.25) is 0 Å². The largest absolute Gasteiger partial charge is 0.481 e. The molecular weight excluding hydrogens is 156 g/mol. The van der Waals surface area contributed by atoms with Gasteiger partial charge in [-0.05, 0) is 26.2 Å². The van der Waals surface area contributed by atoms with Gasteiger partial charge in [-0.3, -0.25) is 4.79 Å². The van der Waals surface area contributed by atoms with E-state index in [1.807, 2.05) is 13.8 Å². The number of methoxy groups -OCH3 is 1. The number of carboxylic acids is 1. The summed E-state index contributed by atoms with van der Waals surface area (Å²) in [6, 6.07) is 0. The van der Waals surface area contributed by atoms with Gasteiger partial charge in [-0.2, -0.15) is 0 Å². The first-order chi connectivity index (χ1) is 5.54. The van der Waals surface area contributed by atoms with Gasteiger partial charge in [0.05, 0.1) is 5.60 Å². The number of ether oxygens (including phenoxy) is 1. The Labute approximate surface area is 73.7 Å². The molecule has 0 radical (unpaired) electrons. The molecule has 1 atom stereocenters. The highest BCUT2D eigenvalue weighted by atomic mass is 16.5. The molecule has 0 aromatic rings. The van der Waals surface area contributed by atoms with Gasteiger partial charge in [0.25, 0.3) is 0 Å². The van der Waals surface area contributed by atoms with E-state index in [1.165, 1.54) is 0 Å². The Morgan fingerprint density at radius 1 is 1.58 bits per heavy atom. The van der Waals surface area contributed by atoms with Crippen LogP contribution in [-0.2, 0) is 9.53 Å². The molecule has 0 rings (SSSR count). The minimum Gasteiger partial charge on any atom is -0.481 e. The Kier molecular flexibility index (Phi) is 4.90. The molecule has 0 aromatic carbocycles. The van der Waals surface area contributed by atoms with E-state index in [0.717, 1.165) is 12.8 Å². The van der Waals surface area contributed by atoms with Crippen molar-refractivity contribution in [2.24, 2.45) is 0 Å². The first-order valence-electron chi connectivity index (χ1n) is 4.31. The molecule has 0 bridgehead atoms. The second-order valence-corrected chi connectivity index (χ2v) is 3.25. The summed E-state index contributed by atoms with van der Waals surface area (Å²) in [6.45, 7) is 4.05. The molecule has 1 N–H and O–H groups in total. The van der Waals surface area contributed by atoms with E-state index < -0.39 is 5.97 Å². The van der Waals surface area contributed by atoms with Crippen molar-refractivity contribution in [1.29, 1.82) is 0 Å². The first kappa shape index (κ1) is 11.4. The van der Waals surface area contributed by atoms with E-state index in [-0.39, 0.29) is 12.0 Å². The number of carboxylic acid groups (broad SMARTS) is 1. The average Bonchev–Trinajstić information content (AvgIpc) is 2.03. The standard InChI is InChI=1S/C9H18O3/c1-4-9(2,12-3)7-5-6-8(10)11/h4-7H2,1-3H3,(H,10,11). The zero-order valence-corrected chi connectivity index (χ0v) is 8.09. The van der Waals surface area contributed by atoms with Crippen molar-refractivity contribution in [2.45, 2.75) is 45.1 Å². The van der Waals surface area contributed by atoms with Gasteiger partial charge < -0.3 is 9.84 Å². The van der Waals surface area contributed by atoms with Crippen molar-refractivity contribution in [3.63, 3.8) is 0 Å². The van der Waals surface area contributed by atoms with Crippen LogP contribution in [0.1, 0.15) is 39.5 Å². The normalized spacial score (nSPS) is 15.6. The third-order valence-corrected chi connectivity index (χ3v) is 2.34. The summed E-state index contributed by atoms with van der Waals surface area (Å²) in [4.78, 5) is 10.2. The van der Waals surface area contributed by atoms with Crippen LogP contribution in [0.15, 0.2) is 0 Å². The highest BCUT2D eigenvalue weighted by Gasteiger charge is 2.20. The predicted octanol–water partition coefficient (Wildman–Crippen LogP) is 2.06. The fourth-order valence-electron chi connectivity index (χ4n) is 1.04. The van der Waals surface area contributed by atoms with Crippen LogP contribution in [0, 0.1) is 0 Å². The summed E-state index contributed by atoms with van der Waals surface area (Å²) >= 11 is 0. The predicted molar refractivity (Wildman–Crippen MR) is 47.2 cm³/mol. The molecule has 0 aliphatic rings. The van der Waals surface area contributed by atoms with Gasteiger partial charge in [0.15, 0.2) is 0 Å². The summed E-state index contributed by atoms with van der Waals surface area (Å²) in [6.07, 6.45) is 2.65. The van der Waals surface area contributed by atoms with Gasteiger partial charge in [-0.15, -0.1) is 0 Å². The Bertz CT molecular complexity index is 139. The quantitative estimate of drug-likeness (QED) is 0.670. The molecule has 72 valence electrons. The molecule has 0 amide bonds. The zero-order chi connectivity index (χ0) is 9.61. The first-order valence-corrected chi connectivity index (χ1v) is 4.31. The van der Waals surface area contributed by atoms with E-state index in [9.17, 15) is 4.79 Å². The third kappa shape index (κ3) is 4.34. The lowest BCUT2D eigenvalue weighted by molar-refractivity contribution is -0.137. The van der Waals surface area contributed by atoms with Crippen LogP contribution in [0.25, 0.3) is 0 Å². The minimum absolute atomic E-state index is 0.143. The number of hydrogen-bond donors (Lipinski definition) is 1. The summed E-state index contributed by atoms with van der Waals surface area (Å²) in [5.74, 6) is -0.732. The van der Waals surface area contributed by atoms with Crippen molar-refractivity contribution >= 4 is 5.97 Å². The van der Waals surface area contributed by atoms with Gasteiger partial charge in [-0.1, -0.05) is 6.92 Å². The van der Waals surface area contributed by atoms with Gasteiger partial charge >= 0.3 is 5.97 Å². The summed E-state index contributed by atoms with van der Waals surface area (Å²) in [5, 5.41) is 8.41. The van der Waals surface area contributed by atoms with Crippen LogP contribution in [0.2, 0.25) is 0 Å². The second-order valence-electron chi connectivity index (χ2n) is 3.25. The summed E-state index contributed by atoms with van der Waals surface area (Å²) in [7, 11) is 1.67. The van der Waals surface area contributed by atoms with Crippen molar-refractivity contribution < 1.29 is 14.6 Å². The molecule has 0 saturated heterocycles. The minimum atomic E-state index is -0.732. The number of aliphatic carboxylic acids is 1.